The standard InChI is InChI=1S/C13H15BrN2O2/c14-11-1-2-12(10(7-11)8-15)16-13(9-17)3-5-18-6-4-13/h1-2,7,16-17H,3-6,9H2. The molecule has 1 aromatic carbocycles. The van der Waals surface area contributed by atoms with Crippen molar-refractivity contribution in [1.29, 1.82) is 5.26 Å². The molecule has 0 atom stereocenters. The van der Waals surface area contributed by atoms with Crippen molar-refractivity contribution in [2.75, 3.05) is 25.1 Å². The number of aliphatic hydroxyl groups excluding tert-OH is 1. The van der Waals surface area contributed by atoms with E-state index in [1.165, 1.54) is 0 Å². The topological polar surface area (TPSA) is 65.3 Å². The molecule has 1 heterocycles. The minimum absolute atomic E-state index is 0.0390. The molecule has 0 aromatic heterocycles. The average Bonchev–Trinajstić information content (AvgIpc) is 2.42. The second kappa shape index (κ2) is 5.70. The van der Waals surface area contributed by atoms with Gasteiger partial charge in [-0.25, -0.2) is 0 Å². The lowest BCUT2D eigenvalue weighted by molar-refractivity contribution is 0.0380. The van der Waals surface area contributed by atoms with Crippen LogP contribution in [0.3, 0.4) is 0 Å². The Bertz CT molecular complexity index is 465. The summed E-state index contributed by atoms with van der Waals surface area (Å²) in [6.45, 7) is 1.30. The molecule has 0 radical (unpaired) electrons. The Kier molecular flexibility index (Phi) is 4.23. The molecule has 0 aliphatic carbocycles. The molecule has 4 nitrogen and oxygen atoms in total. The van der Waals surface area contributed by atoms with Gasteiger partial charge in [-0.15, -0.1) is 0 Å². The maximum absolute atomic E-state index is 9.61. The van der Waals surface area contributed by atoms with Crippen LogP contribution in [0.2, 0.25) is 0 Å². The van der Waals surface area contributed by atoms with Crippen LogP contribution in [0.5, 0.6) is 0 Å². The van der Waals surface area contributed by atoms with Crippen molar-refractivity contribution in [2.24, 2.45) is 0 Å². The minimum Gasteiger partial charge on any atom is -0.394 e. The average molecular weight is 311 g/mol. The fourth-order valence-electron chi connectivity index (χ4n) is 2.09. The highest BCUT2D eigenvalue weighted by atomic mass is 79.9. The number of aliphatic hydroxyl groups is 1. The smallest absolute Gasteiger partial charge is 0.101 e. The van der Waals surface area contributed by atoms with Crippen LogP contribution in [0.1, 0.15) is 18.4 Å². The van der Waals surface area contributed by atoms with Crippen LogP contribution >= 0.6 is 15.9 Å². The summed E-state index contributed by atoms with van der Waals surface area (Å²) in [6, 6.07) is 7.67. The molecular weight excluding hydrogens is 296 g/mol. The highest BCUT2D eigenvalue weighted by Crippen LogP contribution is 2.28. The summed E-state index contributed by atoms with van der Waals surface area (Å²) >= 11 is 3.34. The zero-order valence-electron chi connectivity index (χ0n) is 9.95. The number of halogens is 1. The summed E-state index contributed by atoms with van der Waals surface area (Å²) in [5.74, 6) is 0. The predicted octanol–water partition coefficient (Wildman–Crippen LogP) is 2.27. The Labute approximate surface area is 115 Å². The zero-order chi connectivity index (χ0) is 13.0. The second-order valence-electron chi connectivity index (χ2n) is 4.48. The largest absolute Gasteiger partial charge is 0.394 e. The lowest BCUT2D eigenvalue weighted by Crippen LogP contribution is -2.47. The third-order valence-electron chi connectivity index (χ3n) is 3.25. The van der Waals surface area contributed by atoms with E-state index in [0.29, 0.717) is 18.8 Å². The third-order valence-corrected chi connectivity index (χ3v) is 3.75. The van der Waals surface area contributed by atoms with Gasteiger partial charge in [0.1, 0.15) is 6.07 Å². The molecule has 0 saturated carbocycles. The Morgan fingerprint density at radius 1 is 1.44 bits per heavy atom. The molecule has 0 bridgehead atoms. The molecule has 5 heteroatoms. The molecule has 1 aliphatic rings. The molecule has 1 fully saturated rings. The first-order chi connectivity index (χ1) is 8.69. The van der Waals surface area contributed by atoms with Gasteiger partial charge in [-0.2, -0.15) is 5.26 Å². The van der Waals surface area contributed by atoms with Crippen LogP contribution in [0, 0.1) is 11.3 Å². The number of benzene rings is 1. The summed E-state index contributed by atoms with van der Waals surface area (Å²) in [4.78, 5) is 0. The maximum atomic E-state index is 9.61. The van der Waals surface area contributed by atoms with E-state index in [1.54, 1.807) is 6.07 Å². The number of ether oxygens (including phenoxy) is 1. The van der Waals surface area contributed by atoms with Crippen LogP contribution in [0.25, 0.3) is 0 Å². The minimum atomic E-state index is -0.377. The molecule has 1 aromatic rings. The van der Waals surface area contributed by atoms with Gasteiger partial charge in [-0.05, 0) is 31.0 Å². The first-order valence-electron chi connectivity index (χ1n) is 5.85. The monoisotopic (exact) mass is 310 g/mol. The van der Waals surface area contributed by atoms with Gasteiger partial charge in [-0.1, -0.05) is 15.9 Å². The molecule has 0 unspecified atom stereocenters. The number of hydrogen-bond acceptors (Lipinski definition) is 4. The van der Waals surface area contributed by atoms with Gasteiger partial charge in [0.2, 0.25) is 0 Å². The highest BCUT2D eigenvalue weighted by molar-refractivity contribution is 9.10. The van der Waals surface area contributed by atoms with Crippen molar-refractivity contribution < 1.29 is 9.84 Å². The normalized spacial score (nSPS) is 18.1. The Balaban J connectivity index is 2.24. The van der Waals surface area contributed by atoms with Crippen molar-refractivity contribution in [3.8, 4) is 6.07 Å². The summed E-state index contributed by atoms with van der Waals surface area (Å²) in [5, 5.41) is 22.1. The van der Waals surface area contributed by atoms with Gasteiger partial charge in [0, 0.05) is 17.7 Å². The van der Waals surface area contributed by atoms with E-state index in [-0.39, 0.29) is 12.1 Å². The van der Waals surface area contributed by atoms with Crippen LogP contribution in [0.15, 0.2) is 22.7 Å². The highest BCUT2D eigenvalue weighted by Gasteiger charge is 2.32. The molecule has 1 saturated heterocycles. The number of rotatable bonds is 3. The van der Waals surface area contributed by atoms with Gasteiger partial charge in [0.15, 0.2) is 0 Å². The molecule has 2 rings (SSSR count). The van der Waals surface area contributed by atoms with E-state index in [4.69, 9.17) is 10.00 Å². The van der Waals surface area contributed by atoms with Gasteiger partial charge in [-0.3, -0.25) is 0 Å². The number of nitrogens with one attached hydrogen (secondary N) is 1. The molecule has 18 heavy (non-hydrogen) atoms. The fraction of sp³-hybridized carbons (Fsp3) is 0.462. The Morgan fingerprint density at radius 2 is 2.17 bits per heavy atom. The van der Waals surface area contributed by atoms with Crippen LogP contribution in [-0.4, -0.2) is 30.5 Å². The number of nitrogens with zero attached hydrogens (tertiary/aromatic N) is 1. The van der Waals surface area contributed by atoms with E-state index in [9.17, 15) is 5.11 Å². The first-order valence-corrected chi connectivity index (χ1v) is 6.65. The van der Waals surface area contributed by atoms with Crippen molar-refractivity contribution in [3.63, 3.8) is 0 Å². The van der Waals surface area contributed by atoms with E-state index < -0.39 is 0 Å². The summed E-state index contributed by atoms with van der Waals surface area (Å²) in [7, 11) is 0. The van der Waals surface area contributed by atoms with Gasteiger partial charge < -0.3 is 15.2 Å². The molecule has 0 amide bonds. The van der Waals surface area contributed by atoms with E-state index >= 15 is 0 Å². The predicted molar refractivity (Wildman–Crippen MR) is 72.3 cm³/mol. The molecule has 2 N–H and O–H groups in total. The van der Waals surface area contributed by atoms with Gasteiger partial charge in [0.25, 0.3) is 0 Å². The maximum Gasteiger partial charge on any atom is 0.101 e. The molecule has 96 valence electrons. The van der Waals surface area contributed by atoms with Crippen LogP contribution in [0.4, 0.5) is 5.69 Å². The van der Waals surface area contributed by atoms with Crippen molar-refractivity contribution in [2.45, 2.75) is 18.4 Å². The van der Waals surface area contributed by atoms with Crippen molar-refractivity contribution in [1.82, 2.24) is 0 Å². The van der Waals surface area contributed by atoms with E-state index in [2.05, 4.69) is 27.3 Å². The van der Waals surface area contributed by atoms with Gasteiger partial charge >= 0.3 is 0 Å². The van der Waals surface area contributed by atoms with Crippen LogP contribution in [-0.2, 0) is 4.74 Å². The fourth-order valence-corrected chi connectivity index (χ4v) is 2.45. The lowest BCUT2D eigenvalue weighted by Gasteiger charge is -2.37. The Hall–Kier alpha value is -1.09. The third kappa shape index (κ3) is 2.83. The van der Waals surface area contributed by atoms with E-state index in [0.717, 1.165) is 23.0 Å². The lowest BCUT2D eigenvalue weighted by atomic mass is 9.90. The second-order valence-corrected chi connectivity index (χ2v) is 5.39. The molecule has 0 spiro atoms. The number of hydrogen-bond donors (Lipinski definition) is 2. The van der Waals surface area contributed by atoms with E-state index in [1.807, 2.05) is 12.1 Å². The quantitative estimate of drug-likeness (QED) is 0.899. The number of nitriles is 1. The van der Waals surface area contributed by atoms with Crippen molar-refractivity contribution >= 4 is 21.6 Å². The zero-order valence-corrected chi connectivity index (χ0v) is 11.5. The number of anilines is 1. The van der Waals surface area contributed by atoms with Gasteiger partial charge in [0.05, 0.1) is 23.4 Å². The first kappa shape index (κ1) is 13.3. The van der Waals surface area contributed by atoms with Crippen molar-refractivity contribution in [3.05, 3.63) is 28.2 Å². The summed E-state index contributed by atoms with van der Waals surface area (Å²) in [5.41, 5.74) is 0.956. The summed E-state index contributed by atoms with van der Waals surface area (Å²) in [6.07, 6.45) is 1.48. The molecule has 1 aliphatic heterocycles. The van der Waals surface area contributed by atoms with Crippen LogP contribution < -0.4 is 5.32 Å². The SMILES string of the molecule is N#Cc1cc(Br)ccc1NC1(CO)CCOCC1. The summed E-state index contributed by atoms with van der Waals surface area (Å²) < 4.78 is 6.19. The molecular formula is C13H15BrN2O2. The Morgan fingerprint density at radius 3 is 2.78 bits per heavy atom.